The van der Waals surface area contributed by atoms with Gasteiger partial charge in [-0.2, -0.15) is 13.2 Å². The van der Waals surface area contributed by atoms with Crippen molar-refractivity contribution < 1.29 is 23.1 Å². The minimum Gasteiger partial charge on any atom is -0.478 e. The van der Waals surface area contributed by atoms with Gasteiger partial charge in [-0.3, -0.25) is 0 Å². The molecule has 0 unspecified atom stereocenters. The highest BCUT2D eigenvalue weighted by Crippen LogP contribution is 2.42. The van der Waals surface area contributed by atoms with Crippen LogP contribution in [0.25, 0.3) is 33.6 Å². The third kappa shape index (κ3) is 4.50. The summed E-state index contributed by atoms with van der Waals surface area (Å²) in [6.07, 6.45) is -1.12. The van der Waals surface area contributed by atoms with E-state index < -0.39 is 17.7 Å². The number of carbonyl (C=O) groups is 1. The van der Waals surface area contributed by atoms with E-state index in [1.807, 2.05) is 30.3 Å². The van der Waals surface area contributed by atoms with Gasteiger partial charge in [-0.25, -0.2) is 14.8 Å². The van der Waals surface area contributed by atoms with E-state index in [1.54, 1.807) is 12.1 Å². The molecule has 0 amide bonds. The first-order chi connectivity index (χ1) is 18.8. The number of rotatable bonds is 5. The lowest BCUT2D eigenvalue weighted by Gasteiger charge is -2.14. The zero-order valence-corrected chi connectivity index (χ0v) is 20.3. The van der Waals surface area contributed by atoms with Gasteiger partial charge in [-0.05, 0) is 58.0 Å². The summed E-state index contributed by atoms with van der Waals surface area (Å²) in [5.41, 5.74) is 6.20. The molecule has 0 saturated carbocycles. The highest BCUT2D eigenvalue weighted by molar-refractivity contribution is 5.97. The number of hydrogen-bond donors (Lipinski definition) is 2. The molecule has 1 heterocycles. The molecular weight excluding hydrogens is 503 g/mol. The van der Waals surface area contributed by atoms with Crippen molar-refractivity contribution in [2.75, 3.05) is 5.32 Å². The lowest BCUT2D eigenvalue weighted by atomic mass is 9.94. The van der Waals surface area contributed by atoms with Crippen LogP contribution in [-0.4, -0.2) is 21.0 Å². The highest BCUT2D eigenvalue weighted by atomic mass is 19.4. The molecule has 1 aliphatic rings. The Balaban J connectivity index is 1.31. The Bertz CT molecular complexity index is 1730. The van der Waals surface area contributed by atoms with Crippen LogP contribution in [0.4, 0.5) is 24.5 Å². The molecule has 0 spiro atoms. The Morgan fingerprint density at radius 2 is 1.46 bits per heavy atom. The molecule has 5 nitrogen and oxygen atoms in total. The number of nitrogens with zero attached hydrogens (tertiary/aromatic N) is 2. The number of carboxylic acids is 1. The number of alkyl halides is 3. The largest absolute Gasteiger partial charge is 0.478 e. The summed E-state index contributed by atoms with van der Waals surface area (Å²) in [7, 11) is 0. The van der Waals surface area contributed by atoms with E-state index in [1.165, 1.54) is 41.7 Å². The van der Waals surface area contributed by atoms with Crippen LogP contribution in [0.5, 0.6) is 0 Å². The molecule has 0 saturated heterocycles. The number of anilines is 2. The van der Waals surface area contributed by atoms with Gasteiger partial charge in [0, 0.05) is 5.56 Å². The maximum Gasteiger partial charge on any atom is 0.417 e. The van der Waals surface area contributed by atoms with E-state index in [-0.39, 0.29) is 17.0 Å². The molecule has 0 fully saturated rings. The zero-order chi connectivity index (χ0) is 27.1. The Labute approximate surface area is 221 Å². The number of aromatic nitrogens is 2. The first-order valence-electron chi connectivity index (χ1n) is 12.1. The van der Waals surface area contributed by atoms with Gasteiger partial charge in [0.15, 0.2) is 5.82 Å². The minimum atomic E-state index is -4.54. The predicted molar refractivity (Wildman–Crippen MR) is 143 cm³/mol. The van der Waals surface area contributed by atoms with Crippen molar-refractivity contribution in [1.29, 1.82) is 0 Å². The van der Waals surface area contributed by atoms with Crippen molar-refractivity contribution in [2.45, 2.75) is 12.6 Å². The smallest absolute Gasteiger partial charge is 0.417 e. The number of carboxylic acid groups (broad SMARTS) is 1. The number of benzene rings is 4. The zero-order valence-electron chi connectivity index (χ0n) is 20.3. The SMILES string of the molecule is O=C(O)c1cc(-c2cccc3c2Cc2ccccc2-3)ccc1Nc1cnc(-c2ccccc2C(F)(F)F)nc1. The van der Waals surface area contributed by atoms with Gasteiger partial charge in [-0.15, -0.1) is 0 Å². The van der Waals surface area contributed by atoms with Gasteiger partial charge >= 0.3 is 12.1 Å². The average Bonchev–Trinajstić information content (AvgIpc) is 3.32. The van der Waals surface area contributed by atoms with Gasteiger partial charge in [0.25, 0.3) is 0 Å². The Hall–Kier alpha value is -4.98. The summed E-state index contributed by atoms with van der Waals surface area (Å²) in [5.74, 6) is -1.20. The molecule has 0 aliphatic heterocycles. The average molecular weight is 524 g/mol. The molecule has 0 atom stereocenters. The van der Waals surface area contributed by atoms with Crippen LogP contribution in [0, 0.1) is 0 Å². The summed E-state index contributed by atoms with van der Waals surface area (Å²) in [6.45, 7) is 0. The molecule has 6 rings (SSSR count). The maximum absolute atomic E-state index is 13.4. The van der Waals surface area contributed by atoms with Crippen molar-refractivity contribution >= 4 is 17.3 Å². The predicted octanol–water partition coefficient (Wildman–Crippen LogP) is 7.84. The normalized spacial score (nSPS) is 12.1. The van der Waals surface area contributed by atoms with Crippen molar-refractivity contribution in [2.24, 2.45) is 0 Å². The quantitative estimate of drug-likeness (QED) is 0.241. The van der Waals surface area contributed by atoms with Crippen LogP contribution in [0.3, 0.4) is 0 Å². The van der Waals surface area contributed by atoms with E-state index >= 15 is 0 Å². The first-order valence-corrected chi connectivity index (χ1v) is 12.1. The van der Waals surface area contributed by atoms with Crippen LogP contribution in [0.2, 0.25) is 0 Å². The van der Waals surface area contributed by atoms with Gasteiger partial charge in [0.05, 0.1) is 34.9 Å². The number of aromatic carboxylic acids is 1. The molecule has 1 aromatic heterocycles. The molecular formula is C31H20F3N3O2. The molecule has 4 aromatic carbocycles. The summed E-state index contributed by atoms with van der Waals surface area (Å²) >= 11 is 0. The summed E-state index contributed by atoms with van der Waals surface area (Å²) in [6, 6.07) is 24.5. The molecule has 5 aromatic rings. The fourth-order valence-electron chi connectivity index (χ4n) is 5.04. The number of nitrogens with one attached hydrogen (secondary N) is 1. The Morgan fingerprint density at radius 1 is 0.795 bits per heavy atom. The highest BCUT2D eigenvalue weighted by Gasteiger charge is 2.34. The molecule has 192 valence electrons. The van der Waals surface area contributed by atoms with E-state index in [9.17, 15) is 23.1 Å². The molecule has 8 heteroatoms. The van der Waals surface area contributed by atoms with Crippen LogP contribution < -0.4 is 5.32 Å². The monoisotopic (exact) mass is 523 g/mol. The van der Waals surface area contributed by atoms with Gasteiger partial charge in [-0.1, -0.05) is 66.7 Å². The molecule has 0 bridgehead atoms. The lowest BCUT2D eigenvalue weighted by Crippen LogP contribution is -2.08. The van der Waals surface area contributed by atoms with Crippen molar-refractivity contribution in [1.82, 2.24) is 9.97 Å². The fourth-order valence-corrected chi connectivity index (χ4v) is 5.04. The molecule has 0 radical (unpaired) electrons. The summed E-state index contributed by atoms with van der Waals surface area (Å²) in [5, 5.41) is 13.0. The summed E-state index contributed by atoms with van der Waals surface area (Å²) in [4.78, 5) is 20.4. The second-order valence-corrected chi connectivity index (χ2v) is 9.19. The second-order valence-electron chi connectivity index (χ2n) is 9.19. The van der Waals surface area contributed by atoms with Gasteiger partial charge in [0.2, 0.25) is 0 Å². The molecule has 39 heavy (non-hydrogen) atoms. The fraction of sp³-hybridized carbons (Fsp3) is 0.0645. The standard InChI is InChI=1S/C31H20F3N3O2/c32-31(33,34)27-11-4-3-8-24(27)29-35-16-20(17-36-29)37-28-13-12-19(15-26(28)30(38)39)22-9-5-10-23-21-7-2-1-6-18(21)14-25(22)23/h1-13,15-17,37H,14H2,(H,38,39). The van der Waals surface area contributed by atoms with Crippen LogP contribution in [0.1, 0.15) is 27.0 Å². The van der Waals surface area contributed by atoms with Crippen LogP contribution in [-0.2, 0) is 12.6 Å². The minimum absolute atomic E-state index is 0.0482. The number of halogens is 3. The Morgan fingerprint density at radius 3 is 2.21 bits per heavy atom. The van der Waals surface area contributed by atoms with Crippen LogP contribution in [0.15, 0.2) is 97.3 Å². The van der Waals surface area contributed by atoms with Crippen molar-refractivity contribution in [3.63, 3.8) is 0 Å². The van der Waals surface area contributed by atoms with E-state index in [4.69, 9.17) is 0 Å². The van der Waals surface area contributed by atoms with Crippen molar-refractivity contribution in [3.8, 4) is 33.6 Å². The summed E-state index contributed by atoms with van der Waals surface area (Å²) < 4.78 is 40.2. The first kappa shape index (κ1) is 24.4. The third-order valence-corrected chi connectivity index (χ3v) is 6.82. The number of fused-ring (bicyclic) bond motifs is 3. The van der Waals surface area contributed by atoms with E-state index in [0.29, 0.717) is 11.4 Å². The lowest BCUT2D eigenvalue weighted by molar-refractivity contribution is -0.137. The van der Waals surface area contributed by atoms with Gasteiger partial charge < -0.3 is 10.4 Å². The molecule has 2 N–H and O–H groups in total. The maximum atomic E-state index is 13.4. The Kier molecular flexibility index (Phi) is 5.87. The van der Waals surface area contributed by atoms with Crippen molar-refractivity contribution in [3.05, 3.63) is 120 Å². The molecule has 1 aliphatic carbocycles. The van der Waals surface area contributed by atoms with E-state index in [0.717, 1.165) is 34.7 Å². The third-order valence-electron chi connectivity index (χ3n) is 6.82. The number of hydrogen-bond acceptors (Lipinski definition) is 4. The second kappa shape index (κ2) is 9.40. The van der Waals surface area contributed by atoms with Crippen LogP contribution >= 0.6 is 0 Å². The van der Waals surface area contributed by atoms with Gasteiger partial charge in [0.1, 0.15) is 0 Å². The topological polar surface area (TPSA) is 75.1 Å². The van der Waals surface area contributed by atoms with E-state index in [2.05, 4.69) is 33.5 Å².